The highest BCUT2D eigenvalue weighted by atomic mass is 79.9. The van der Waals surface area contributed by atoms with Crippen LogP contribution in [-0.4, -0.2) is 23.7 Å². The van der Waals surface area contributed by atoms with Gasteiger partial charge < -0.3 is 10.4 Å². The Bertz CT molecular complexity index is 395. The van der Waals surface area contributed by atoms with E-state index in [0.29, 0.717) is 13.0 Å². The summed E-state index contributed by atoms with van der Waals surface area (Å²) in [7, 11) is 0. The zero-order chi connectivity index (χ0) is 14.3. The Morgan fingerprint density at radius 2 is 2.26 bits per heavy atom. The molecular formula is C14H22BrNO2S. The van der Waals surface area contributed by atoms with E-state index in [4.69, 9.17) is 0 Å². The SMILES string of the molecule is CCC(C)C(O)CNC(=O)CCCc1ccc(Br)s1. The Kier molecular flexibility index (Phi) is 7.64. The molecule has 2 unspecified atom stereocenters. The van der Waals surface area contributed by atoms with Crippen molar-refractivity contribution in [1.29, 1.82) is 0 Å². The second-order valence-corrected chi connectivity index (χ2v) is 7.36. The summed E-state index contributed by atoms with van der Waals surface area (Å²) in [5.41, 5.74) is 0. The highest BCUT2D eigenvalue weighted by molar-refractivity contribution is 9.11. The van der Waals surface area contributed by atoms with E-state index in [0.717, 1.165) is 23.0 Å². The molecule has 0 aliphatic rings. The normalized spacial score (nSPS) is 14.1. The third-order valence-electron chi connectivity index (χ3n) is 3.27. The van der Waals surface area contributed by atoms with Gasteiger partial charge in [0.05, 0.1) is 9.89 Å². The van der Waals surface area contributed by atoms with Crippen LogP contribution in [-0.2, 0) is 11.2 Å². The molecule has 2 atom stereocenters. The molecule has 0 aliphatic carbocycles. The number of aryl methyl sites for hydroxylation is 1. The first-order valence-electron chi connectivity index (χ1n) is 6.72. The van der Waals surface area contributed by atoms with E-state index in [1.165, 1.54) is 4.88 Å². The minimum absolute atomic E-state index is 0.0259. The number of halogens is 1. The van der Waals surface area contributed by atoms with Gasteiger partial charge in [0, 0.05) is 17.8 Å². The van der Waals surface area contributed by atoms with Crippen LogP contribution < -0.4 is 5.32 Å². The molecule has 0 fully saturated rings. The maximum Gasteiger partial charge on any atom is 0.220 e. The number of amides is 1. The van der Waals surface area contributed by atoms with Gasteiger partial charge in [0.25, 0.3) is 0 Å². The molecule has 2 N–H and O–H groups in total. The Labute approximate surface area is 127 Å². The smallest absolute Gasteiger partial charge is 0.220 e. The van der Waals surface area contributed by atoms with E-state index in [9.17, 15) is 9.90 Å². The maximum absolute atomic E-state index is 11.6. The molecule has 0 radical (unpaired) electrons. The zero-order valence-corrected chi connectivity index (χ0v) is 13.9. The number of carbonyl (C=O) groups excluding carboxylic acids is 1. The first-order valence-corrected chi connectivity index (χ1v) is 8.32. The lowest BCUT2D eigenvalue weighted by atomic mass is 10.0. The number of nitrogens with one attached hydrogen (secondary N) is 1. The number of hydrogen-bond donors (Lipinski definition) is 2. The zero-order valence-electron chi connectivity index (χ0n) is 11.5. The molecule has 1 amide bonds. The fourth-order valence-electron chi connectivity index (χ4n) is 1.69. The fraction of sp³-hybridized carbons (Fsp3) is 0.643. The Morgan fingerprint density at radius 1 is 1.53 bits per heavy atom. The number of aliphatic hydroxyl groups is 1. The predicted octanol–water partition coefficient (Wildman–Crippen LogP) is 3.36. The molecule has 3 nitrogen and oxygen atoms in total. The van der Waals surface area contributed by atoms with Gasteiger partial charge in [0.15, 0.2) is 0 Å². The number of carbonyl (C=O) groups is 1. The van der Waals surface area contributed by atoms with Crippen LogP contribution in [0.25, 0.3) is 0 Å². The van der Waals surface area contributed by atoms with Crippen molar-refractivity contribution < 1.29 is 9.90 Å². The highest BCUT2D eigenvalue weighted by Gasteiger charge is 2.13. The van der Waals surface area contributed by atoms with Gasteiger partial charge in [-0.25, -0.2) is 0 Å². The molecule has 1 aromatic heterocycles. The average molecular weight is 348 g/mol. The van der Waals surface area contributed by atoms with Gasteiger partial charge in [0.1, 0.15) is 0 Å². The van der Waals surface area contributed by atoms with Crippen LogP contribution in [0.5, 0.6) is 0 Å². The quantitative estimate of drug-likeness (QED) is 0.757. The lowest BCUT2D eigenvalue weighted by molar-refractivity contribution is -0.121. The summed E-state index contributed by atoms with van der Waals surface area (Å²) in [6.07, 6.45) is 2.77. The topological polar surface area (TPSA) is 49.3 Å². The second kappa shape index (κ2) is 8.72. The van der Waals surface area contributed by atoms with Crippen molar-refractivity contribution >= 4 is 33.2 Å². The van der Waals surface area contributed by atoms with Crippen LogP contribution in [0.1, 0.15) is 38.0 Å². The Balaban J connectivity index is 2.14. The molecule has 0 bridgehead atoms. The standard InChI is InChI=1S/C14H22BrNO2S/c1-3-10(2)12(17)9-16-14(18)6-4-5-11-7-8-13(15)19-11/h7-8,10,12,17H,3-6,9H2,1-2H3,(H,16,18). The summed E-state index contributed by atoms with van der Waals surface area (Å²) < 4.78 is 1.13. The molecular weight excluding hydrogens is 326 g/mol. The van der Waals surface area contributed by atoms with Crippen LogP contribution in [0.15, 0.2) is 15.9 Å². The number of rotatable bonds is 8. The monoisotopic (exact) mass is 347 g/mol. The summed E-state index contributed by atoms with van der Waals surface area (Å²) in [6, 6.07) is 4.11. The Hall–Kier alpha value is -0.390. The molecule has 1 aromatic rings. The third kappa shape index (κ3) is 6.54. The molecule has 5 heteroatoms. The van der Waals surface area contributed by atoms with Crippen LogP contribution in [0, 0.1) is 5.92 Å². The van der Waals surface area contributed by atoms with E-state index in [1.807, 2.05) is 19.9 Å². The summed E-state index contributed by atoms with van der Waals surface area (Å²) in [5.74, 6) is 0.252. The van der Waals surface area contributed by atoms with E-state index in [1.54, 1.807) is 11.3 Å². The van der Waals surface area contributed by atoms with Crippen molar-refractivity contribution in [2.45, 2.75) is 45.6 Å². The van der Waals surface area contributed by atoms with Crippen LogP contribution in [0.3, 0.4) is 0 Å². The van der Waals surface area contributed by atoms with E-state index in [2.05, 4.69) is 27.3 Å². The molecule has 0 aliphatic heterocycles. The maximum atomic E-state index is 11.6. The van der Waals surface area contributed by atoms with Gasteiger partial charge in [-0.1, -0.05) is 20.3 Å². The van der Waals surface area contributed by atoms with Gasteiger partial charge in [-0.05, 0) is 46.8 Å². The molecule has 0 spiro atoms. The van der Waals surface area contributed by atoms with Crippen molar-refractivity contribution in [3.63, 3.8) is 0 Å². The number of hydrogen-bond acceptors (Lipinski definition) is 3. The minimum atomic E-state index is -0.442. The highest BCUT2D eigenvalue weighted by Crippen LogP contribution is 2.23. The summed E-state index contributed by atoms with van der Waals surface area (Å²) >= 11 is 5.14. The summed E-state index contributed by atoms with van der Waals surface area (Å²) in [4.78, 5) is 12.9. The molecule has 108 valence electrons. The third-order valence-corrected chi connectivity index (χ3v) is 4.95. The van der Waals surface area contributed by atoms with Gasteiger partial charge >= 0.3 is 0 Å². The molecule has 1 heterocycles. The van der Waals surface area contributed by atoms with Gasteiger partial charge in [-0.2, -0.15) is 0 Å². The minimum Gasteiger partial charge on any atom is -0.391 e. The largest absolute Gasteiger partial charge is 0.391 e. The van der Waals surface area contributed by atoms with E-state index < -0.39 is 6.10 Å². The van der Waals surface area contributed by atoms with Crippen molar-refractivity contribution in [3.05, 3.63) is 20.8 Å². The summed E-state index contributed by atoms with van der Waals surface area (Å²) in [6.45, 7) is 4.39. The van der Waals surface area contributed by atoms with Crippen LogP contribution in [0.4, 0.5) is 0 Å². The predicted molar refractivity (Wildman–Crippen MR) is 83.4 cm³/mol. The number of thiophene rings is 1. The van der Waals surface area contributed by atoms with Gasteiger partial charge in [-0.15, -0.1) is 11.3 Å². The van der Waals surface area contributed by atoms with Crippen molar-refractivity contribution in [3.8, 4) is 0 Å². The van der Waals surface area contributed by atoms with E-state index in [-0.39, 0.29) is 11.8 Å². The lowest BCUT2D eigenvalue weighted by Crippen LogP contribution is -2.35. The molecule has 0 aromatic carbocycles. The molecule has 0 saturated carbocycles. The van der Waals surface area contributed by atoms with E-state index >= 15 is 0 Å². The van der Waals surface area contributed by atoms with Gasteiger partial charge in [0.2, 0.25) is 5.91 Å². The molecule has 1 rings (SSSR count). The first-order chi connectivity index (χ1) is 9.02. The average Bonchev–Trinajstić information content (AvgIpc) is 2.80. The lowest BCUT2D eigenvalue weighted by Gasteiger charge is -2.17. The van der Waals surface area contributed by atoms with Crippen molar-refractivity contribution in [2.75, 3.05) is 6.54 Å². The Morgan fingerprint density at radius 3 is 2.84 bits per heavy atom. The fourth-order valence-corrected chi connectivity index (χ4v) is 3.21. The first kappa shape index (κ1) is 16.7. The molecule has 19 heavy (non-hydrogen) atoms. The summed E-state index contributed by atoms with van der Waals surface area (Å²) in [5, 5.41) is 12.5. The van der Waals surface area contributed by atoms with Crippen molar-refractivity contribution in [2.24, 2.45) is 5.92 Å². The second-order valence-electron chi connectivity index (χ2n) is 4.82. The van der Waals surface area contributed by atoms with Gasteiger partial charge in [-0.3, -0.25) is 4.79 Å². The van der Waals surface area contributed by atoms with Crippen LogP contribution >= 0.6 is 27.3 Å². The van der Waals surface area contributed by atoms with Crippen molar-refractivity contribution in [1.82, 2.24) is 5.32 Å². The number of aliphatic hydroxyl groups excluding tert-OH is 1. The molecule has 0 saturated heterocycles. The van der Waals surface area contributed by atoms with Crippen LogP contribution in [0.2, 0.25) is 0 Å².